The maximum absolute atomic E-state index is 11.3. The van der Waals surface area contributed by atoms with Crippen molar-refractivity contribution in [2.45, 2.75) is 0 Å². The lowest BCUT2D eigenvalue weighted by Crippen LogP contribution is -3.00. The fourth-order valence-corrected chi connectivity index (χ4v) is 1.16. The van der Waals surface area contributed by atoms with E-state index in [1.807, 2.05) is 21.1 Å². The Morgan fingerprint density at radius 1 is 1.25 bits per heavy atom. The molecular formula is C12H17IN2O5. The van der Waals surface area contributed by atoms with Gasteiger partial charge >= 0.3 is 6.16 Å². The molecule has 0 amide bonds. The Balaban J connectivity index is 0.00000361. The predicted octanol–water partition coefficient (Wildman–Crippen LogP) is -1.18. The van der Waals surface area contributed by atoms with E-state index in [-0.39, 0.29) is 42.0 Å². The molecule has 0 radical (unpaired) electrons. The van der Waals surface area contributed by atoms with Gasteiger partial charge in [0.2, 0.25) is 0 Å². The Kier molecular flexibility index (Phi) is 7.43. The first-order chi connectivity index (χ1) is 8.78. The van der Waals surface area contributed by atoms with Crippen molar-refractivity contribution in [1.29, 1.82) is 0 Å². The molecule has 0 saturated heterocycles. The van der Waals surface area contributed by atoms with Gasteiger partial charge < -0.3 is 37.9 Å². The summed E-state index contributed by atoms with van der Waals surface area (Å²) in [4.78, 5) is 21.2. The topological polar surface area (TPSA) is 78.7 Å². The molecule has 0 heterocycles. The van der Waals surface area contributed by atoms with Crippen molar-refractivity contribution in [3.05, 3.63) is 34.4 Å². The highest BCUT2D eigenvalue weighted by Crippen LogP contribution is 2.17. The number of likely N-dealkylation sites (N-methyl/N-ethyl adjacent to an activating group) is 1. The molecule has 20 heavy (non-hydrogen) atoms. The molecule has 0 bridgehead atoms. The number of nitro groups is 1. The number of ether oxygens (including phenoxy) is 2. The van der Waals surface area contributed by atoms with Gasteiger partial charge in [-0.25, -0.2) is 4.79 Å². The van der Waals surface area contributed by atoms with Crippen LogP contribution in [0.1, 0.15) is 0 Å². The van der Waals surface area contributed by atoms with Crippen LogP contribution in [0.2, 0.25) is 0 Å². The number of hydrogen-bond acceptors (Lipinski definition) is 5. The summed E-state index contributed by atoms with van der Waals surface area (Å²) in [6.45, 7) is 0.907. The van der Waals surface area contributed by atoms with Crippen molar-refractivity contribution in [1.82, 2.24) is 0 Å². The lowest BCUT2D eigenvalue weighted by atomic mass is 10.3. The Morgan fingerprint density at radius 2 is 1.80 bits per heavy atom. The van der Waals surface area contributed by atoms with Crippen LogP contribution in [0.4, 0.5) is 10.5 Å². The Bertz CT molecular complexity index is 456. The normalized spacial score (nSPS) is 10.3. The van der Waals surface area contributed by atoms with Crippen LogP contribution >= 0.6 is 0 Å². The summed E-state index contributed by atoms with van der Waals surface area (Å²) in [7, 11) is 5.93. The molecule has 0 aliphatic rings. The predicted molar refractivity (Wildman–Crippen MR) is 68.0 cm³/mol. The van der Waals surface area contributed by atoms with Gasteiger partial charge in [0.1, 0.15) is 18.9 Å². The molecule has 0 aliphatic carbocycles. The fraction of sp³-hybridized carbons (Fsp3) is 0.417. The highest BCUT2D eigenvalue weighted by molar-refractivity contribution is 5.63. The molecule has 0 aromatic heterocycles. The molecule has 0 fully saturated rings. The first-order valence-electron chi connectivity index (χ1n) is 5.67. The van der Waals surface area contributed by atoms with Crippen LogP contribution in [0.25, 0.3) is 0 Å². The van der Waals surface area contributed by atoms with Crippen molar-refractivity contribution in [3.8, 4) is 5.75 Å². The van der Waals surface area contributed by atoms with Crippen molar-refractivity contribution in [3.63, 3.8) is 0 Å². The molecule has 0 spiro atoms. The van der Waals surface area contributed by atoms with E-state index >= 15 is 0 Å². The minimum absolute atomic E-state index is 0. The first kappa shape index (κ1) is 18.6. The lowest BCUT2D eigenvalue weighted by Gasteiger charge is -2.23. The number of benzene rings is 1. The molecule has 0 atom stereocenters. The monoisotopic (exact) mass is 396 g/mol. The first-order valence-corrected chi connectivity index (χ1v) is 5.67. The minimum Gasteiger partial charge on any atom is -1.00 e. The van der Waals surface area contributed by atoms with Crippen molar-refractivity contribution in [2.75, 3.05) is 34.3 Å². The highest BCUT2D eigenvalue weighted by atomic mass is 127. The molecule has 0 saturated carbocycles. The van der Waals surface area contributed by atoms with Crippen LogP contribution in [0.15, 0.2) is 24.3 Å². The maximum atomic E-state index is 11.3. The lowest BCUT2D eigenvalue weighted by molar-refractivity contribution is -0.870. The SMILES string of the molecule is C[N+](C)(C)CCOC(=O)Oc1ccc([N+](=O)[O-])cc1.[I-]. The van der Waals surface area contributed by atoms with Gasteiger partial charge in [-0.3, -0.25) is 10.1 Å². The average Bonchev–Trinajstić information content (AvgIpc) is 2.27. The molecule has 8 heteroatoms. The van der Waals surface area contributed by atoms with E-state index in [0.29, 0.717) is 11.0 Å². The number of nitrogens with zero attached hydrogens (tertiary/aromatic N) is 2. The smallest absolute Gasteiger partial charge is 0.514 e. The molecule has 0 aliphatic heterocycles. The van der Waals surface area contributed by atoms with Crippen LogP contribution in [0, 0.1) is 10.1 Å². The second kappa shape index (κ2) is 8.00. The van der Waals surface area contributed by atoms with E-state index in [0.717, 1.165) is 0 Å². The molecule has 0 unspecified atom stereocenters. The third-order valence-corrected chi connectivity index (χ3v) is 2.23. The van der Waals surface area contributed by atoms with E-state index in [9.17, 15) is 14.9 Å². The van der Waals surface area contributed by atoms with Gasteiger partial charge in [0.05, 0.1) is 26.1 Å². The summed E-state index contributed by atoms with van der Waals surface area (Å²) in [5.41, 5.74) is -0.0641. The van der Waals surface area contributed by atoms with E-state index in [2.05, 4.69) is 0 Å². The number of carbonyl (C=O) groups is 1. The van der Waals surface area contributed by atoms with Crippen molar-refractivity contribution < 1.29 is 47.7 Å². The molecule has 1 aromatic carbocycles. The number of non-ortho nitro benzene ring substituents is 1. The zero-order chi connectivity index (χ0) is 14.5. The van der Waals surface area contributed by atoms with Gasteiger partial charge in [0, 0.05) is 12.1 Å². The fourth-order valence-electron chi connectivity index (χ4n) is 1.16. The average molecular weight is 396 g/mol. The van der Waals surface area contributed by atoms with Gasteiger partial charge in [0.25, 0.3) is 5.69 Å². The maximum Gasteiger partial charge on any atom is 0.514 e. The number of quaternary nitrogens is 1. The second-order valence-corrected chi connectivity index (χ2v) is 4.97. The third kappa shape index (κ3) is 7.24. The van der Waals surface area contributed by atoms with Crippen LogP contribution in [-0.2, 0) is 4.74 Å². The summed E-state index contributed by atoms with van der Waals surface area (Å²) in [5, 5.41) is 10.4. The van der Waals surface area contributed by atoms with Gasteiger partial charge in [-0.15, -0.1) is 0 Å². The van der Waals surface area contributed by atoms with Crippen LogP contribution in [0.3, 0.4) is 0 Å². The number of nitro benzene ring substituents is 1. The van der Waals surface area contributed by atoms with Crippen LogP contribution in [0.5, 0.6) is 5.75 Å². The molecule has 1 rings (SSSR count). The van der Waals surface area contributed by atoms with E-state index in [4.69, 9.17) is 9.47 Å². The highest BCUT2D eigenvalue weighted by Gasteiger charge is 2.12. The number of carbonyl (C=O) groups excluding carboxylic acids is 1. The quantitative estimate of drug-likeness (QED) is 0.156. The minimum atomic E-state index is -0.817. The zero-order valence-corrected chi connectivity index (χ0v) is 13.7. The van der Waals surface area contributed by atoms with Crippen molar-refractivity contribution in [2.24, 2.45) is 0 Å². The van der Waals surface area contributed by atoms with E-state index in [1.165, 1.54) is 24.3 Å². The Labute approximate surface area is 134 Å². The molecule has 0 N–H and O–H groups in total. The number of rotatable bonds is 5. The van der Waals surface area contributed by atoms with E-state index < -0.39 is 11.1 Å². The summed E-state index contributed by atoms with van der Waals surface area (Å²) >= 11 is 0. The summed E-state index contributed by atoms with van der Waals surface area (Å²) in [6, 6.07) is 5.21. The van der Waals surface area contributed by atoms with Gasteiger partial charge in [-0.05, 0) is 12.1 Å². The van der Waals surface area contributed by atoms with Crippen LogP contribution in [-0.4, -0.2) is 49.9 Å². The zero-order valence-electron chi connectivity index (χ0n) is 11.5. The molecule has 7 nitrogen and oxygen atoms in total. The Morgan fingerprint density at radius 3 is 2.25 bits per heavy atom. The summed E-state index contributed by atoms with van der Waals surface area (Å²) in [6.07, 6.45) is -0.817. The third-order valence-electron chi connectivity index (χ3n) is 2.23. The van der Waals surface area contributed by atoms with Crippen LogP contribution < -0.4 is 28.7 Å². The second-order valence-electron chi connectivity index (χ2n) is 4.97. The summed E-state index contributed by atoms with van der Waals surface area (Å²) < 4.78 is 10.4. The van der Waals surface area contributed by atoms with Gasteiger partial charge in [-0.1, -0.05) is 0 Å². The Hall–Kier alpha value is -1.42. The van der Waals surface area contributed by atoms with Gasteiger partial charge in [0.15, 0.2) is 0 Å². The number of halogens is 1. The summed E-state index contributed by atoms with van der Waals surface area (Å²) in [5.74, 6) is 0.209. The number of hydrogen-bond donors (Lipinski definition) is 0. The van der Waals surface area contributed by atoms with Crippen molar-refractivity contribution >= 4 is 11.8 Å². The molecule has 112 valence electrons. The standard InChI is InChI=1S/C12H17N2O5.HI/c1-14(2,3)8-9-18-12(15)19-11-6-4-10(5-7-11)13(16)17;/h4-7H,8-9H2,1-3H3;1H/q+1;/p-1. The van der Waals surface area contributed by atoms with Gasteiger partial charge in [-0.2, -0.15) is 0 Å². The molecule has 1 aromatic rings. The largest absolute Gasteiger partial charge is 1.00 e. The molecular weight excluding hydrogens is 379 g/mol. The van der Waals surface area contributed by atoms with E-state index in [1.54, 1.807) is 0 Å².